The number of halogens is 1. The molecule has 1 amide bonds. The fraction of sp³-hybridized carbons (Fsp3) is 0.615. The molecule has 4 rings (SSSR count). The summed E-state index contributed by atoms with van der Waals surface area (Å²) in [6, 6.07) is 3.81. The molecule has 0 spiro atoms. The van der Waals surface area contributed by atoms with E-state index in [4.69, 9.17) is 0 Å². The lowest BCUT2D eigenvalue weighted by Gasteiger charge is -2.51. The molecule has 1 aromatic rings. The van der Waals surface area contributed by atoms with Gasteiger partial charge in [-0.3, -0.25) is 4.79 Å². The second-order valence-corrected chi connectivity index (χ2v) is 7.99. The van der Waals surface area contributed by atoms with Crippen LogP contribution in [0.15, 0.2) is 15.9 Å². The maximum absolute atomic E-state index is 12.3. The van der Waals surface area contributed by atoms with E-state index in [0.29, 0.717) is 5.92 Å². The first-order valence-electron chi connectivity index (χ1n) is 6.37. The molecule has 0 aliphatic carbocycles. The van der Waals surface area contributed by atoms with E-state index in [1.165, 1.54) is 37.3 Å². The van der Waals surface area contributed by atoms with Crippen molar-refractivity contribution in [3.63, 3.8) is 0 Å². The zero-order chi connectivity index (χ0) is 12.8. The Kier molecular flexibility index (Phi) is 3.24. The summed E-state index contributed by atoms with van der Waals surface area (Å²) in [5, 5.41) is 3.27. The minimum atomic E-state index is -0.0515. The van der Waals surface area contributed by atoms with Gasteiger partial charge in [0.25, 0.3) is 5.91 Å². The quantitative estimate of drug-likeness (QED) is 0.905. The van der Waals surface area contributed by atoms with Crippen LogP contribution in [-0.2, 0) is 0 Å². The fourth-order valence-electron chi connectivity index (χ4n) is 3.22. The number of carbonyl (C=O) groups excluding carboxylic acids is 1. The van der Waals surface area contributed by atoms with Crippen LogP contribution in [0.1, 0.15) is 29.4 Å². The maximum Gasteiger partial charge on any atom is 0.261 e. The Hall–Kier alpha value is -0.390. The second-order valence-electron chi connectivity index (χ2n) is 5.53. The lowest BCUT2D eigenvalue weighted by molar-refractivity contribution is 0.0168. The third-order valence-corrected chi connectivity index (χ3v) is 5.86. The molecule has 2 bridgehead atoms. The normalized spacial score (nSPS) is 34.6. The number of piperidine rings is 3. The van der Waals surface area contributed by atoms with Crippen LogP contribution in [0.2, 0.25) is 0 Å². The average Bonchev–Trinajstić information content (AvgIpc) is 2.76. The molecule has 0 radical (unpaired) electrons. The predicted molar refractivity (Wildman–Crippen MR) is 77.1 cm³/mol. The van der Waals surface area contributed by atoms with Crippen molar-refractivity contribution in [3.05, 3.63) is 20.8 Å². The van der Waals surface area contributed by atoms with Crippen LogP contribution in [0.4, 0.5) is 0 Å². The SMILES string of the molecule is CC1(NC(=O)c2ccc(Br)s2)CN2CCC1CC2. The van der Waals surface area contributed by atoms with Gasteiger partial charge in [-0.15, -0.1) is 11.3 Å². The molecule has 0 aromatic carbocycles. The monoisotopic (exact) mass is 328 g/mol. The van der Waals surface area contributed by atoms with Crippen LogP contribution in [0.5, 0.6) is 0 Å². The average molecular weight is 329 g/mol. The summed E-state index contributed by atoms with van der Waals surface area (Å²) in [5.74, 6) is 0.705. The van der Waals surface area contributed by atoms with E-state index in [0.717, 1.165) is 15.2 Å². The Balaban J connectivity index is 1.74. The van der Waals surface area contributed by atoms with E-state index in [2.05, 4.69) is 33.1 Å². The molecular formula is C13H17BrN2OS. The molecule has 1 N–H and O–H groups in total. The van der Waals surface area contributed by atoms with Gasteiger partial charge in [-0.2, -0.15) is 0 Å². The van der Waals surface area contributed by atoms with Crippen LogP contribution in [0.3, 0.4) is 0 Å². The molecule has 98 valence electrons. The fourth-order valence-corrected chi connectivity index (χ4v) is 4.50. The van der Waals surface area contributed by atoms with Crippen molar-refractivity contribution in [2.75, 3.05) is 19.6 Å². The summed E-state index contributed by atoms with van der Waals surface area (Å²) >= 11 is 4.90. The predicted octanol–water partition coefficient (Wildman–Crippen LogP) is 2.72. The topological polar surface area (TPSA) is 32.3 Å². The van der Waals surface area contributed by atoms with Gasteiger partial charge in [0.05, 0.1) is 14.2 Å². The van der Waals surface area contributed by atoms with Gasteiger partial charge >= 0.3 is 0 Å². The Bertz CT molecular complexity index is 467. The smallest absolute Gasteiger partial charge is 0.261 e. The first kappa shape index (κ1) is 12.6. The molecule has 1 aromatic heterocycles. The van der Waals surface area contributed by atoms with Crippen molar-refractivity contribution in [2.24, 2.45) is 5.92 Å². The number of carbonyl (C=O) groups is 1. The van der Waals surface area contributed by atoms with Crippen molar-refractivity contribution in [3.8, 4) is 0 Å². The molecule has 4 heterocycles. The van der Waals surface area contributed by atoms with Crippen LogP contribution in [0.25, 0.3) is 0 Å². The highest BCUT2D eigenvalue weighted by Crippen LogP contribution is 2.35. The Labute approximate surface area is 120 Å². The number of hydrogen-bond acceptors (Lipinski definition) is 3. The van der Waals surface area contributed by atoms with Crippen LogP contribution in [-0.4, -0.2) is 36.0 Å². The summed E-state index contributed by atoms with van der Waals surface area (Å²) < 4.78 is 1.01. The Morgan fingerprint density at radius 3 is 2.72 bits per heavy atom. The lowest BCUT2D eigenvalue weighted by Crippen LogP contribution is -2.65. The molecule has 3 aliphatic rings. The lowest BCUT2D eigenvalue weighted by atomic mass is 9.74. The van der Waals surface area contributed by atoms with Crippen molar-refractivity contribution in [2.45, 2.75) is 25.3 Å². The molecule has 1 unspecified atom stereocenters. The van der Waals surface area contributed by atoms with Gasteiger partial charge < -0.3 is 10.2 Å². The first-order chi connectivity index (χ1) is 8.57. The van der Waals surface area contributed by atoms with E-state index in [1.54, 1.807) is 0 Å². The van der Waals surface area contributed by atoms with Gasteiger partial charge in [-0.05, 0) is 66.8 Å². The van der Waals surface area contributed by atoms with Gasteiger partial charge in [-0.1, -0.05) is 0 Å². The standard InChI is InChI=1S/C13H17BrN2OS/c1-13(8-16-6-4-9(13)5-7-16)15-12(17)10-2-3-11(14)18-10/h2-3,9H,4-8H2,1H3,(H,15,17). The van der Waals surface area contributed by atoms with Gasteiger partial charge in [0.1, 0.15) is 0 Å². The zero-order valence-corrected chi connectivity index (χ0v) is 12.8. The molecule has 3 aliphatic heterocycles. The minimum absolute atomic E-state index is 0.0515. The largest absolute Gasteiger partial charge is 0.345 e. The highest BCUT2D eigenvalue weighted by Gasteiger charge is 2.44. The van der Waals surface area contributed by atoms with Crippen molar-refractivity contribution in [1.82, 2.24) is 10.2 Å². The number of thiophene rings is 1. The Morgan fingerprint density at radius 1 is 1.50 bits per heavy atom. The second kappa shape index (κ2) is 4.62. The van der Waals surface area contributed by atoms with E-state index in [-0.39, 0.29) is 11.4 Å². The summed E-state index contributed by atoms with van der Waals surface area (Å²) in [6.45, 7) is 5.58. The number of fused-ring (bicyclic) bond motifs is 3. The summed E-state index contributed by atoms with van der Waals surface area (Å²) in [7, 11) is 0. The number of amides is 1. The molecule has 3 fully saturated rings. The third kappa shape index (κ3) is 2.24. The number of nitrogens with one attached hydrogen (secondary N) is 1. The highest BCUT2D eigenvalue weighted by molar-refractivity contribution is 9.11. The van der Waals surface area contributed by atoms with E-state index < -0.39 is 0 Å². The summed E-state index contributed by atoms with van der Waals surface area (Å²) in [6.07, 6.45) is 2.43. The van der Waals surface area contributed by atoms with Crippen LogP contribution < -0.4 is 5.32 Å². The molecule has 3 nitrogen and oxygen atoms in total. The number of rotatable bonds is 2. The van der Waals surface area contributed by atoms with Crippen molar-refractivity contribution >= 4 is 33.2 Å². The molecule has 5 heteroatoms. The van der Waals surface area contributed by atoms with Crippen LogP contribution >= 0.6 is 27.3 Å². The van der Waals surface area contributed by atoms with Gasteiger partial charge in [0, 0.05) is 6.54 Å². The summed E-state index contributed by atoms with van der Waals surface area (Å²) in [4.78, 5) is 15.5. The molecule has 1 atom stereocenters. The Morgan fingerprint density at radius 2 is 2.22 bits per heavy atom. The molecule has 3 saturated heterocycles. The first-order valence-corrected chi connectivity index (χ1v) is 7.98. The molecule has 0 saturated carbocycles. The number of hydrogen-bond donors (Lipinski definition) is 1. The van der Waals surface area contributed by atoms with E-state index >= 15 is 0 Å². The summed E-state index contributed by atoms with van der Waals surface area (Å²) in [5.41, 5.74) is -0.0515. The van der Waals surface area contributed by atoms with Gasteiger partial charge in [0.2, 0.25) is 0 Å². The molecular weight excluding hydrogens is 312 g/mol. The van der Waals surface area contributed by atoms with Gasteiger partial charge in [-0.25, -0.2) is 0 Å². The maximum atomic E-state index is 12.3. The minimum Gasteiger partial charge on any atom is -0.345 e. The van der Waals surface area contributed by atoms with Crippen LogP contribution in [0, 0.1) is 5.92 Å². The van der Waals surface area contributed by atoms with Gasteiger partial charge in [0.15, 0.2) is 0 Å². The van der Waals surface area contributed by atoms with Crippen molar-refractivity contribution < 1.29 is 4.79 Å². The molecule has 18 heavy (non-hydrogen) atoms. The number of nitrogens with zero attached hydrogens (tertiary/aromatic N) is 1. The van der Waals surface area contributed by atoms with E-state index in [9.17, 15) is 4.79 Å². The zero-order valence-electron chi connectivity index (χ0n) is 10.4. The van der Waals surface area contributed by atoms with E-state index in [1.807, 2.05) is 12.1 Å². The third-order valence-electron chi connectivity index (χ3n) is 4.24. The van der Waals surface area contributed by atoms with Crippen molar-refractivity contribution in [1.29, 1.82) is 0 Å². The highest BCUT2D eigenvalue weighted by atomic mass is 79.9.